The predicted molar refractivity (Wildman–Crippen MR) is 58.9 cm³/mol. The third-order valence-corrected chi connectivity index (χ3v) is 3.08. The second-order valence-electron chi connectivity index (χ2n) is 4.26. The van der Waals surface area contributed by atoms with Gasteiger partial charge in [-0.05, 0) is 12.0 Å². The molecule has 0 saturated carbocycles. The summed E-state index contributed by atoms with van der Waals surface area (Å²) >= 11 is 0. The molecule has 2 unspecified atom stereocenters. The number of piperidine rings is 1. The molecular formula is C11H17N3O2. The van der Waals surface area contributed by atoms with E-state index in [1.54, 1.807) is 4.68 Å². The Morgan fingerprint density at radius 2 is 2.44 bits per heavy atom. The summed E-state index contributed by atoms with van der Waals surface area (Å²) in [6, 6.07) is 0. The Bertz CT molecular complexity index is 375. The summed E-state index contributed by atoms with van der Waals surface area (Å²) in [5.41, 5.74) is 1.18. The summed E-state index contributed by atoms with van der Waals surface area (Å²) < 4.78 is 6.57. The molecule has 1 fully saturated rings. The molecular weight excluding hydrogens is 206 g/mol. The van der Waals surface area contributed by atoms with Gasteiger partial charge >= 0.3 is 5.97 Å². The maximum Gasteiger partial charge on any atom is 0.309 e. The number of nitrogens with one attached hydrogen (secondary N) is 1. The molecule has 1 N–H and O–H groups in total. The lowest BCUT2D eigenvalue weighted by atomic mass is 9.87. The first kappa shape index (κ1) is 11.1. The van der Waals surface area contributed by atoms with Crippen LogP contribution in [0, 0.1) is 5.92 Å². The van der Waals surface area contributed by atoms with E-state index < -0.39 is 0 Å². The Balaban J connectivity index is 2.04. The fraction of sp³-hybridized carbons (Fsp3) is 0.636. The Morgan fingerprint density at radius 1 is 1.62 bits per heavy atom. The first-order valence-corrected chi connectivity index (χ1v) is 5.47. The topological polar surface area (TPSA) is 56.1 Å². The van der Waals surface area contributed by atoms with Gasteiger partial charge in [0.1, 0.15) is 0 Å². The number of esters is 1. The molecule has 0 spiro atoms. The zero-order valence-corrected chi connectivity index (χ0v) is 9.64. The number of ether oxygens (including phenoxy) is 1. The van der Waals surface area contributed by atoms with E-state index in [1.165, 1.54) is 12.7 Å². The van der Waals surface area contributed by atoms with Gasteiger partial charge in [-0.15, -0.1) is 0 Å². The van der Waals surface area contributed by atoms with Gasteiger partial charge in [-0.25, -0.2) is 0 Å². The number of carbonyl (C=O) groups excluding carboxylic acids is 1. The van der Waals surface area contributed by atoms with Crippen molar-refractivity contribution in [3.05, 3.63) is 18.0 Å². The zero-order valence-electron chi connectivity index (χ0n) is 9.64. The molecule has 5 nitrogen and oxygen atoms in total. The Kier molecular flexibility index (Phi) is 3.24. The summed E-state index contributed by atoms with van der Waals surface area (Å²) in [7, 11) is 3.34. The maximum atomic E-state index is 11.5. The van der Waals surface area contributed by atoms with Gasteiger partial charge in [-0.1, -0.05) is 0 Å². The van der Waals surface area contributed by atoms with Crippen LogP contribution in [0.1, 0.15) is 17.9 Å². The minimum Gasteiger partial charge on any atom is -0.469 e. The number of rotatable bonds is 2. The van der Waals surface area contributed by atoms with E-state index >= 15 is 0 Å². The van der Waals surface area contributed by atoms with Crippen molar-refractivity contribution < 1.29 is 9.53 Å². The first-order valence-electron chi connectivity index (χ1n) is 5.47. The Labute approximate surface area is 94.8 Å². The molecule has 0 aliphatic carbocycles. The molecule has 1 aromatic rings. The van der Waals surface area contributed by atoms with Gasteiger partial charge in [-0.2, -0.15) is 5.10 Å². The second-order valence-corrected chi connectivity index (χ2v) is 4.26. The Hall–Kier alpha value is -1.36. The molecule has 5 heteroatoms. The molecule has 0 radical (unpaired) electrons. The van der Waals surface area contributed by atoms with Gasteiger partial charge in [0.05, 0.1) is 19.2 Å². The highest BCUT2D eigenvalue weighted by molar-refractivity contribution is 5.72. The van der Waals surface area contributed by atoms with Crippen molar-refractivity contribution in [3.63, 3.8) is 0 Å². The van der Waals surface area contributed by atoms with Crippen molar-refractivity contribution in [2.45, 2.75) is 12.3 Å². The lowest BCUT2D eigenvalue weighted by Gasteiger charge is -2.27. The van der Waals surface area contributed by atoms with Crippen molar-refractivity contribution in [1.29, 1.82) is 0 Å². The van der Waals surface area contributed by atoms with Crippen molar-refractivity contribution in [3.8, 4) is 0 Å². The summed E-state index contributed by atoms with van der Waals surface area (Å²) in [4.78, 5) is 11.5. The van der Waals surface area contributed by atoms with E-state index in [4.69, 9.17) is 4.74 Å². The van der Waals surface area contributed by atoms with Gasteiger partial charge in [-0.3, -0.25) is 9.48 Å². The number of methoxy groups -OCH3 is 1. The van der Waals surface area contributed by atoms with Gasteiger partial charge in [0.25, 0.3) is 0 Å². The van der Waals surface area contributed by atoms with E-state index in [9.17, 15) is 4.79 Å². The number of hydrogen-bond acceptors (Lipinski definition) is 4. The largest absolute Gasteiger partial charge is 0.469 e. The van der Waals surface area contributed by atoms with Crippen LogP contribution in [0.15, 0.2) is 12.4 Å². The third kappa shape index (κ3) is 2.24. The van der Waals surface area contributed by atoms with Gasteiger partial charge in [0, 0.05) is 32.3 Å². The van der Waals surface area contributed by atoms with Crippen molar-refractivity contribution in [2.24, 2.45) is 13.0 Å². The van der Waals surface area contributed by atoms with Gasteiger partial charge in [0.15, 0.2) is 0 Å². The summed E-state index contributed by atoms with van der Waals surface area (Å²) in [6.45, 7) is 1.61. The smallest absolute Gasteiger partial charge is 0.309 e. The molecule has 16 heavy (non-hydrogen) atoms. The molecule has 88 valence electrons. The van der Waals surface area contributed by atoms with Crippen LogP contribution in [0.3, 0.4) is 0 Å². The fourth-order valence-corrected chi connectivity index (χ4v) is 2.19. The SMILES string of the molecule is COC(=O)C1CNCC(c2cnn(C)c2)C1. The van der Waals surface area contributed by atoms with Crippen molar-refractivity contribution >= 4 is 5.97 Å². The van der Waals surface area contributed by atoms with Crippen LogP contribution in [0.2, 0.25) is 0 Å². The van der Waals surface area contributed by atoms with Gasteiger partial charge in [0.2, 0.25) is 0 Å². The molecule has 0 aromatic carbocycles. The minimum absolute atomic E-state index is 0.0380. The van der Waals surface area contributed by atoms with Crippen molar-refractivity contribution in [2.75, 3.05) is 20.2 Å². The quantitative estimate of drug-likeness (QED) is 0.732. The van der Waals surface area contributed by atoms with E-state index in [2.05, 4.69) is 10.4 Å². The van der Waals surface area contributed by atoms with Crippen LogP contribution in [-0.2, 0) is 16.6 Å². The third-order valence-electron chi connectivity index (χ3n) is 3.08. The molecule has 1 aliphatic heterocycles. The average Bonchev–Trinajstić information content (AvgIpc) is 2.75. The van der Waals surface area contributed by atoms with Crippen LogP contribution >= 0.6 is 0 Å². The zero-order chi connectivity index (χ0) is 11.5. The molecule has 2 atom stereocenters. The van der Waals surface area contributed by atoms with E-state index in [0.717, 1.165) is 13.0 Å². The number of nitrogens with zero attached hydrogens (tertiary/aromatic N) is 2. The highest BCUT2D eigenvalue weighted by atomic mass is 16.5. The normalized spacial score (nSPS) is 25.4. The molecule has 2 heterocycles. The van der Waals surface area contributed by atoms with E-state index in [0.29, 0.717) is 12.5 Å². The highest BCUT2D eigenvalue weighted by Crippen LogP contribution is 2.26. The lowest BCUT2D eigenvalue weighted by molar-refractivity contribution is -0.146. The van der Waals surface area contributed by atoms with E-state index in [-0.39, 0.29) is 11.9 Å². The number of aromatic nitrogens is 2. The monoisotopic (exact) mass is 223 g/mol. The average molecular weight is 223 g/mol. The van der Waals surface area contributed by atoms with Crippen molar-refractivity contribution in [1.82, 2.24) is 15.1 Å². The summed E-state index contributed by atoms with van der Waals surface area (Å²) in [6.07, 6.45) is 4.71. The summed E-state index contributed by atoms with van der Waals surface area (Å²) in [5, 5.41) is 7.42. The van der Waals surface area contributed by atoms with Crippen LogP contribution in [0.25, 0.3) is 0 Å². The Morgan fingerprint density at radius 3 is 3.06 bits per heavy atom. The van der Waals surface area contributed by atoms with Crippen LogP contribution < -0.4 is 5.32 Å². The molecule has 1 aliphatic rings. The standard InChI is InChI=1S/C11H17N3O2/c1-14-7-10(6-13-14)8-3-9(5-12-4-8)11(15)16-2/h6-9,12H,3-5H2,1-2H3. The predicted octanol–water partition coefficient (Wildman–Crippen LogP) is 0.286. The van der Waals surface area contributed by atoms with Gasteiger partial charge < -0.3 is 10.1 Å². The van der Waals surface area contributed by atoms with E-state index in [1.807, 2.05) is 19.4 Å². The molecule has 1 aromatic heterocycles. The highest BCUT2D eigenvalue weighted by Gasteiger charge is 2.28. The number of hydrogen-bond donors (Lipinski definition) is 1. The fourth-order valence-electron chi connectivity index (χ4n) is 2.19. The minimum atomic E-state index is -0.124. The molecule has 0 amide bonds. The van der Waals surface area contributed by atoms with Crippen LogP contribution in [0.5, 0.6) is 0 Å². The summed E-state index contributed by atoms with van der Waals surface area (Å²) in [5.74, 6) is 0.191. The first-order chi connectivity index (χ1) is 7.70. The molecule has 1 saturated heterocycles. The molecule has 2 rings (SSSR count). The molecule has 0 bridgehead atoms. The lowest BCUT2D eigenvalue weighted by Crippen LogP contribution is -2.39. The number of carbonyl (C=O) groups is 1. The van der Waals surface area contributed by atoms with Crippen LogP contribution in [-0.4, -0.2) is 35.9 Å². The number of aryl methyl sites for hydroxylation is 1. The van der Waals surface area contributed by atoms with Crippen LogP contribution in [0.4, 0.5) is 0 Å². The maximum absolute atomic E-state index is 11.5. The second kappa shape index (κ2) is 4.65.